The van der Waals surface area contributed by atoms with Crippen LogP contribution in [-0.2, 0) is 20.0 Å². The zero-order valence-electron chi connectivity index (χ0n) is 25.6. The van der Waals surface area contributed by atoms with Gasteiger partial charge in [0, 0.05) is 0 Å². The van der Waals surface area contributed by atoms with Gasteiger partial charge in [-0.3, -0.25) is 0 Å². The van der Waals surface area contributed by atoms with Crippen LogP contribution >= 0.6 is 0 Å². The Morgan fingerprint density at radius 1 is 0.595 bits per heavy atom. The van der Waals surface area contributed by atoms with Crippen molar-refractivity contribution < 1.29 is 29.4 Å². The van der Waals surface area contributed by atoms with Gasteiger partial charge in [0.1, 0.15) is 0 Å². The number of benzene rings is 4. The van der Waals surface area contributed by atoms with Gasteiger partial charge in [0.25, 0.3) is 0 Å². The Kier molecular flexibility index (Phi) is 6.86. The Labute approximate surface area is 256 Å². The van der Waals surface area contributed by atoms with Crippen LogP contribution in [0.3, 0.4) is 0 Å². The van der Waals surface area contributed by atoms with Crippen molar-refractivity contribution in [3.05, 3.63) is 118 Å². The molecule has 0 radical (unpaired) electrons. The van der Waals surface area contributed by atoms with Gasteiger partial charge in [0.2, 0.25) is 0 Å². The molecule has 2 aliphatic carbocycles. The number of allylic oxidation sites excluding steroid dienone is 2. The molecule has 1 aliphatic heterocycles. The number of rotatable bonds is 6. The van der Waals surface area contributed by atoms with Gasteiger partial charge in [-0.1, -0.05) is 0 Å². The molecule has 0 spiro atoms. The molecular formula is C38H40HfO2Si. The van der Waals surface area contributed by atoms with E-state index >= 15 is 0 Å². The van der Waals surface area contributed by atoms with Crippen molar-refractivity contribution in [2.45, 2.75) is 42.6 Å². The first-order valence-electron chi connectivity index (χ1n) is 15.4. The van der Waals surface area contributed by atoms with E-state index < -0.39 is 28.0 Å². The molecule has 1 saturated heterocycles. The maximum atomic E-state index is 5.47. The second kappa shape index (κ2) is 10.3. The predicted molar refractivity (Wildman–Crippen MR) is 177 cm³/mol. The summed E-state index contributed by atoms with van der Waals surface area (Å²) in [6, 6.07) is 34.1. The molecule has 212 valence electrons. The summed E-state index contributed by atoms with van der Waals surface area (Å²) in [5.41, 5.74) is 11.5. The molecule has 4 aromatic carbocycles. The fourth-order valence-corrected chi connectivity index (χ4v) is 40.6. The molecule has 2 unspecified atom stereocenters. The van der Waals surface area contributed by atoms with Gasteiger partial charge in [0.15, 0.2) is 0 Å². The van der Waals surface area contributed by atoms with Crippen LogP contribution in [0, 0.1) is 0 Å². The van der Waals surface area contributed by atoms with Crippen LogP contribution in [0.25, 0.3) is 34.4 Å². The van der Waals surface area contributed by atoms with E-state index in [1.807, 2.05) is 10.4 Å². The molecule has 0 saturated carbocycles. The molecule has 4 aromatic rings. The summed E-state index contributed by atoms with van der Waals surface area (Å²) in [4.78, 5) is 0. The van der Waals surface area contributed by atoms with Gasteiger partial charge in [0.05, 0.1) is 0 Å². The third-order valence-electron chi connectivity index (χ3n) is 10.7. The molecule has 1 heterocycles. The van der Waals surface area contributed by atoms with E-state index in [1.165, 1.54) is 45.5 Å². The van der Waals surface area contributed by atoms with Crippen LogP contribution in [0.4, 0.5) is 0 Å². The fourth-order valence-electron chi connectivity index (χ4n) is 8.68. The Morgan fingerprint density at radius 2 is 1.00 bits per heavy atom. The van der Waals surface area contributed by atoms with E-state index in [-0.39, 0.29) is 0 Å². The summed E-state index contributed by atoms with van der Waals surface area (Å²) < 4.78 is 17.8. The van der Waals surface area contributed by atoms with E-state index in [0.29, 0.717) is 7.35 Å². The molecule has 42 heavy (non-hydrogen) atoms. The fraction of sp³-hybridized carbons (Fsp3) is 0.263. The van der Waals surface area contributed by atoms with E-state index in [9.17, 15) is 0 Å². The van der Waals surface area contributed by atoms with Crippen molar-refractivity contribution in [1.82, 2.24) is 0 Å². The Hall–Kier alpha value is -2.95. The summed E-state index contributed by atoms with van der Waals surface area (Å²) in [5, 5.41) is 3.69. The molecule has 7 rings (SSSR count). The Balaban J connectivity index is 1.42. The monoisotopic (exact) mass is 736 g/mol. The van der Waals surface area contributed by atoms with Crippen LogP contribution < -0.4 is 9.47 Å². The minimum atomic E-state index is -3.06. The molecule has 0 bridgehead atoms. The zero-order chi connectivity index (χ0) is 29.2. The summed E-state index contributed by atoms with van der Waals surface area (Å²) in [5.74, 6) is 1.82. The summed E-state index contributed by atoms with van der Waals surface area (Å²) in [6.45, 7) is 4.98. The van der Waals surface area contributed by atoms with Crippen molar-refractivity contribution in [3.63, 3.8) is 0 Å². The van der Waals surface area contributed by atoms with Gasteiger partial charge in [-0.25, -0.2) is 0 Å². The topological polar surface area (TPSA) is 18.5 Å². The second-order valence-corrected chi connectivity index (χ2v) is 34.7. The predicted octanol–water partition coefficient (Wildman–Crippen LogP) is 10.4. The molecule has 1 fully saturated rings. The van der Waals surface area contributed by atoms with E-state index in [2.05, 4.69) is 120 Å². The van der Waals surface area contributed by atoms with Gasteiger partial charge < -0.3 is 0 Å². The van der Waals surface area contributed by atoms with Crippen LogP contribution in [0.15, 0.2) is 95.3 Å². The van der Waals surface area contributed by atoms with Crippen molar-refractivity contribution >= 4 is 20.2 Å². The quantitative estimate of drug-likeness (QED) is 0.184. The van der Waals surface area contributed by atoms with Crippen molar-refractivity contribution in [3.8, 4) is 33.8 Å². The minimum absolute atomic E-state index is 0.648. The Bertz CT molecular complexity index is 1620. The Morgan fingerprint density at radius 3 is 1.36 bits per heavy atom. The first-order chi connectivity index (χ1) is 20.4. The molecule has 0 N–H and O–H groups in total. The molecule has 0 amide bonds. The summed E-state index contributed by atoms with van der Waals surface area (Å²) in [7, 11) is 1.56. The molecule has 2 nitrogen and oxygen atoms in total. The molecule has 4 heteroatoms. The zero-order valence-corrected chi connectivity index (χ0v) is 30.2. The van der Waals surface area contributed by atoms with Crippen molar-refractivity contribution in [2.75, 3.05) is 14.2 Å². The van der Waals surface area contributed by atoms with Gasteiger partial charge in [-0.15, -0.1) is 0 Å². The van der Waals surface area contributed by atoms with Crippen LogP contribution in [0.2, 0.25) is 21.4 Å². The molecule has 0 aromatic heterocycles. The van der Waals surface area contributed by atoms with Crippen LogP contribution in [0.1, 0.15) is 43.5 Å². The number of hydrogen-bond donors (Lipinski definition) is 0. The van der Waals surface area contributed by atoms with E-state index in [0.717, 1.165) is 11.5 Å². The SMILES string of the molecule is CC[Si]1(CC)C2=Cc3c(-c4ccc(OC)cc4)cccc3[CH]2[Hf]([CH3])([CH3])[CH]2C1=Cc1c(-c3ccc(OC)cc3)cccc12. The standard InChI is InChI=1S/C36H34O2Si.2CH3.Hf/c1-5-39(6-2,31-21-27-9-7-11-33(35(27)23-31)25-13-17-29(37-3)18-14-25)32-22-28-10-8-12-34(36(28)24-32)26-15-19-30(38-4)20-16-26;;;/h7-24H,5-6H2,1-4H3;2*1H3;. The van der Waals surface area contributed by atoms with Crippen LogP contribution in [0.5, 0.6) is 11.5 Å². The van der Waals surface area contributed by atoms with Gasteiger partial charge in [-0.2, -0.15) is 0 Å². The second-order valence-electron chi connectivity index (χ2n) is 12.7. The summed E-state index contributed by atoms with van der Waals surface area (Å²) >= 11 is -3.06. The van der Waals surface area contributed by atoms with Crippen molar-refractivity contribution in [2.24, 2.45) is 0 Å². The van der Waals surface area contributed by atoms with E-state index in [4.69, 9.17) is 9.47 Å². The average Bonchev–Trinajstić information content (AvgIpc) is 3.63. The van der Waals surface area contributed by atoms with Gasteiger partial charge >= 0.3 is 258 Å². The van der Waals surface area contributed by atoms with Gasteiger partial charge in [-0.05, 0) is 0 Å². The normalized spacial score (nSPS) is 20.5. The molecular weight excluding hydrogens is 695 g/mol. The third kappa shape index (κ3) is 3.90. The molecule has 3 aliphatic rings. The van der Waals surface area contributed by atoms with Crippen molar-refractivity contribution in [1.29, 1.82) is 0 Å². The third-order valence-corrected chi connectivity index (χ3v) is 33.5. The number of ether oxygens (including phenoxy) is 2. The first kappa shape index (κ1) is 27.9. The van der Waals surface area contributed by atoms with E-state index in [1.54, 1.807) is 25.3 Å². The summed E-state index contributed by atoms with van der Waals surface area (Å²) in [6.07, 6.45) is 5.40. The number of fused-ring (bicyclic) bond motifs is 6. The molecule has 2 atom stereocenters. The number of hydrogen-bond acceptors (Lipinski definition) is 2. The number of methoxy groups -OCH3 is 2. The first-order valence-corrected chi connectivity index (χ1v) is 29.1. The average molecular weight is 735 g/mol. The van der Waals surface area contributed by atoms with Crippen LogP contribution in [-0.4, -0.2) is 22.3 Å². The maximum absolute atomic E-state index is 5.47.